The Hall–Kier alpha value is -4.22. The van der Waals surface area contributed by atoms with Gasteiger partial charge >= 0.3 is 0 Å². The molecule has 0 bridgehead atoms. The maximum atomic E-state index is 16.0. The zero-order chi connectivity index (χ0) is 24.8. The summed E-state index contributed by atoms with van der Waals surface area (Å²) in [5.41, 5.74) is 4.21. The van der Waals surface area contributed by atoms with Gasteiger partial charge in [-0.05, 0) is 29.5 Å². The van der Waals surface area contributed by atoms with E-state index in [9.17, 15) is 5.11 Å². The van der Waals surface area contributed by atoms with Crippen LogP contribution in [0.4, 0.5) is 10.1 Å². The van der Waals surface area contributed by atoms with Crippen LogP contribution in [0, 0.1) is 11.7 Å². The lowest BCUT2D eigenvalue weighted by Crippen LogP contribution is -2.24. The van der Waals surface area contributed by atoms with Crippen LogP contribution in [0.5, 0.6) is 0 Å². The molecule has 6 aromatic heterocycles. The molecule has 1 unspecified atom stereocenters. The Kier molecular flexibility index (Phi) is 5.42. The summed E-state index contributed by atoms with van der Waals surface area (Å²) in [5, 5.41) is 22.4. The van der Waals surface area contributed by atoms with Crippen molar-refractivity contribution < 1.29 is 9.50 Å². The van der Waals surface area contributed by atoms with Crippen LogP contribution >= 0.6 is 11.3 Å². The van der Waals surface area contributed by atoms with Crippen LogP contribution in [0.1, 0.15) is 13.8 Å². The van der Waals surface area contributed by atoms with Gasteiger partial charge in [0.25, 0.3) is 0 Å². The number of hydrogen-bond donors (Lipinski definition) is 4. The van der Waals surface area contributed by atoms with Gasteiger partial charge in [0.2, 0.25) is 0 Å². The molecule has 0 radical (unpaired) electrons. The highest BCUT2D eigenvalue weighted by Gasteiger charge is 2.21. The standard InChI is InChI=1S/C25H21FN8OS/c1-12(2)25(35)30-14-8-13(9-27-10-14)15-11-29-23-18(19(15)26)22(33-34-23)24-31-16-5-6-28-21(20(16)32-24)17-4-3-7-36-17/h3-12,25,30,35H,1-2H3,(H,31,32)(H,29,33,34). The number of pyridine rings is 3. The van der Waals surface area contributed by atoms with Gasteiger partial charge in [-0.15, -0.1) is 11.3 Å². The molecule has 1 atom stereocenters. The van der Waals surface area contributed by atoms with Gasteiger partial charge in [0.05, 0.1) is 27.7 Å². The van der Waals surface area contributed by atoms with Gasteiger partial charge in [0.1, 0.15) is 28.9 Å². The van der Waals surface area contributed by atoms with Crippen molar-refractivity contribution >= 4 is 39.1 Å². The van der Waals surface area contributed by atoms with Crippen LogP contribution < -0.4 is 5.32 Å². The van der Waals surface area contributed by atoms with Gasteiger partial charge in [-0.2, -0.15) is 5.10 Å². The molecular formula is C25H21FN8OS. The average molecular weight is 501 g/mol. The summed E-state index contributed by atoms with van der Waals surface area (Å²) in [7, 11) is 0. The number of fused-ring (bicyclic) bond motifs is 2. The third-order valence-electron chi connectivity index (χ3n) is 5.91. The van der Waals surface area contributed by atoms with E-state index in [2.05, 4.69) is 35.5 Å². The zero-order valence-electron chi connectivity index (χ0n) is 19.3. The van der Waals surface area contributed by atoms with Crippen LogP contribution in [-0.2, 0) is 0 Å². The van der Waals surface area contributed by atoms with Gasteiger partial charge in [0.15, 0.2) is 11.5 Å². The Bertz CT molecular complexity index is 1690. The summed E-state index contributed by atoms with van der Waals surface area (Å²) in [6.07, 6.45) is 5.53. The fourth-order valence-corrected chi connectivity index (χ4v) is 4.70. The van der Waals surface area contributed by atoms with Gasteiger partial charge < -0.3 is 15.4 Å². The summed E-state index contributed by atoms with van der Waals surface area (Å²) in [4.78, 5) is 22.1. The SMILES string of the molecule is CC(C)C(O)Nc1cncc(-c2cnc3n[nH]c(-c4nc5c(-c6cccs6)nccc5[nH]4)c3c2F)c1. The number of rotatable bonds is 6. The van der Waals surface area contributed by atoms with E-state index in [0.29, 0.717) is 28.3 Å². The second kappa shape index (κ2) is 8.77. The molecule has 9 nitrogen and oxygen atoms in total. The second-order valence-electron chi connectivity index (χ2n) is 8.70. The molecule has 0 saturated heterocycles. The van der Waals surface area contributed by atoms with Crippen molar-refractivity contribution in [2.24, 2.45) is 5.92 Å². The highest BCUT2D eigenvalue weighted by atomic mass is 32.1. The number of halogens is 1. The molecule has 0 saturated carbocycles. The smallest absolute Gasteiger partial charge is 0.184 e. The fourth-order valence-electron chi connectivity index (χ4n) is 3.97. The highest BCUT2D eigenvalue weighted by Crippen LogP contribution is 2.35. The van der Waals surface area contributed by atoms with E-state index in [1.807, 2.05) is 37.4 Å². The van der Waals surface area contributed by atoms with Crippen LogP contribution in [0.3, 0.4) is 0 Å². The van der Waals surface area contributed by atoms with Crippen LogP contribution in [0.2, 0.25) is 0 Å². The topological polar surface area (TPSA) is 128 Å². The molecule has 0 aliphatic carbocycles. The molecule has 6 aromatic rings. The van der Waals surface area contributed by atoms with Crippen LogP contribution in [0.25, 0.3) is 55.3 Å². The monoisotopic (exact) mass is 500 g/mol. The highest BCUT2D eigenvalue weighted by molar-refractivity contribution is 7.13. The van der Waals surface area contributed by atoms with Crippen molar-refractivity contribution in [2.75, 3.05) is 5.32 Å². The zero-order valence-corrected chi connectivity index (χ0v) is 20.1. The number of anilines is 1. The lowest BCUT2D eigenvalue weighted by atomic mass is 10.1. The van der Waals surface area contributed by atoms with Crippen LogP contribution in [0.15, 0.2) is 54.4 Å². The van der Waals surface area contributed by atoms with E-state index in [-0.39, 0.29) is 22.5 Å². The predicted octanol–water partition coefficient (Wildman–Crippen LogP) is 5.21. The molecular weight excluding hydrogens is 479 g/mol. The Morgan fingerprint density at radius 2 is 2.03 bits per heavy atom. The summed E-state index contributed by atoms with van der Waals surface area (Å²) < 4.78 is 16.0. The third-order valence-corrected chi connectivity index (χ3v) is 6.78. The Morgan fingerprint density at radius 3 is 2.83 bits per heavy atom. The fraction of sp³-hybridized carbons (Fsp3) is 0.160. The average Bonchev–Trinajstić information content (AvgIpc) is 3.63. The van der Waals surface area contributed by atoms with E-state index in [1.54, 1.807) is 36.0 Å². The molecule has 36 heavy (non-hydrogen) atoms. The van der Waals surface area contributed by atoms with Crippen LogP contribution in [-0.4, -0.2) is 46.5 Å². The first-order chi connectivity index (χ1) is 17.5. The number of aromatic amines is 2. The minimum Gasteiger partial charge on any atom is -0.374 e. The quantitative estimate of drug-likeness (QED) is 0.231. The van der Waals surface area contributed by atoms with E-state index >= 15 is 4.39 Å². The summed E-state index contributed by atoms with van der Waals surface area (Å²) in [6.45, 7) is 3.79. The van der Waals surface area contributed by atoms with Crippen molar-refractivity contribution in [3.05, 3.63) is 60.3 Å². The summed E-state index contributed by atoms with van der Waals surface area (Å²) >= 11 is 1.58. The normalized spacial score (nSPS) is 12.6. The van der Waals surface area contributed by atoms with Crippen molar-refractivity contribution in [1.82, 2.24) is 35.1 Å². The van der Waals surface area contributed by atoms with Crippen molar-refractivity contribution in [2.45, 2.75) is 20.1 Å². The minimum absolute atomic E-state index is 0.00348. The predicted molar refractivity (Wildman–Crippen MR) is 138 cm³/mol. The number of aliphatic hydroxyl groups excluding tert-OH is 1. The molecule has 11 heteroatoms. The molecule has 0 aliphatic heterocycles. The van der Waals surface area contributed by atoms with Crippen molar-refractivity contribution in [3.63, 3.8) is 0 Å². The molecule has 0 amide bonds. The van der Waals surface area contributed by atoms with Gasteiger partial charge in [-0.3, -0.25) is 15.1 Å². The van der Waals surface area contributed by atoms with E-state index in [4.69, 9.17) is 4.98 Å². The van der Waals surface area contributed by atoms with E-state index < -0.39 is 12.0 Å². The second-order valence-corrected chi connectivity index (χ2v) is 9.64. The third kappa shape index (κ3) is 3.78. The number of imidazole rings is 1. The first kappa shape index (κ1) is 22.3. The Labute approximate surface area is 208 Å². The number of hydrogen-bond acceptors (Lipinski definition) is 8. The molecule has 6 heterocycles. The first-order valence-electron chi connectivity index (χ1n) is 11.3. The molecule has 0 spiro atoms. The molecule has 0 fully saturated rings. The maximum Gasteiger partial charge on any atom is 0.184 e. The number of nitrogens with one attached hydrogen (secondary N) is 3. The molecule has 0 aromatic carbocycles. The lowest BCUT2D eigenvalue weighted by Gasteiger charge is -2.17. The van der Waals surface area contributed by atoms with Gasteiger partial charge in [-0.1, -0.05) is 19.9 Å². The Balaban J connectivity index is 1.45. The largest absolute Gasteiger partial charge is 0.374 e. The number of nitrogens with zero attached hydrogens (tertiary/aromatic N) is 5. The molecule has 4 N–H and O–H groups in total. The van der Waals surface area contributed by atoms with Gasteiger partial charge in [-0.25, -0.2) is 14.4 Å². The summed E-state index contributed by atoms with van der Waals surface area (Å²) in [5.74, 6) is -0.0647. The minimum atomic E-state index is -0.755. The molecule has 6 rings (SSSR count). The number of thiophene rings is 1. The van der Waals surface area contributed by atoms with Crippen molar-refractivity contribution in [1.29, 1.82) is 0 Å². The number of H-pyrrole nitrogens is 2. The number of aliphatic hydroxyl groups is 1. The van der Waals surface area contributed by atoms with E-state index in [0.717, 1.165) is 16.1 Å². The number of aromatic nitrogens is 7. The molecule has 0 aliphatic rings. The van der Waals surface area contributed by atoms with Gasteiger partial charge in [0, 0.05) is 29.7 Å². The molecule has 180 valence electrons. The first-order valence-corrected chi connectivity index (χ1v) is 12.2. The van der Waals surface area contributed by atoms with E-state index in [1.165, 1.54) is 6.20 Å². The Morgan fingerprint density at radius 1 is 1.14 bits per heavy atom. The lowest BCUT2D eigenvalue weighted by molar-refractivity contribution is 0.153. The maximum absolute atomic E-state index is 16.0. The summed E-state index contributed by atoms with van der Waals surface area (Å²) in [6, 6.07) is 7.50. The van der Waals surface area contributed by atoms with Crippen molar-refractivity contribution in [3.8, 4) is 33.2 Å².